The van der Waals surface area contributed by atoms with E-state index in [0.717, 1.165) is 11.3 Å². The number of aromatic amines is 1. The Morgan fingerprint density at radius 1 is 1.36 bits per heavy atom. The maximum Gasteiger partial charge on any atom is 0.292 e. The number of amides is 1. The van der Waals surface area contributed by atoms with Crippen LogP contribution in [0.15, 0.2) is 22.7 Å². The number of sulfonamides is 1. The van der Waals surface area contributed by atoms with Crippen molar-refractivity contribution >= 4 is 49.3 Å². The van der Waals surface area contributed by atoms with Crippen LogP contribution in [0.2, 0.25) is 0 Å². The van der Waals surface area contributed by atoms with E-state index in [9.17, 15) is 13.2 Å². The Labute approximate surface area is 128 Å². The van der Waals surface area contributed by atoms with Gasteiger partial charge < -0.3 is 5.32 Å². The van der Waals surface area contributed by atoms with Crippen LogP contribution in [0.3, 0.4) is 0 Å². The molecule has 3 aromatic rings. The van der Waals surface area contributed by atoms with Gasteiger partial charge >= 0.3 is 0 Å². The molecular weight excluding hydrogens is 330 g/mol. The monoisotopic (exact) mass is 339 g/mol. The van der Waals surface area contributed by atoms with Gasteiger partial charge in [0.2, 0.25) is 11.0 Å². The highest BCUT2D eigenvalue weighted by Crippen LogP contribution is 2.24. The van der Waals surface area contributed by atoms with Crippen molar-refractivity contribution in [2.24, 2.45) is 0 Å². The summed E-state index contributed by atoms with van der Waals surface area (Å²) in [7, 11) is -3.96. The zero-order valence-corrected chi connectivity index (χ0v) is 12.7. The second-order valence-corrected chi connectivity index (χ2v) is 6.97. The number of rotatable bonds is 4. The predicted octanol–water partition coefficient (Wildman–Crippen LogP) is 0.569. The second kappa shape index (κ2) is 5.31. The zero-order valence-electron chi connectivity index (χ0n) is 11.1. The van der Waals surface area contributed by atoms with Gasteiger partial charge in [0, 0.05) is 13.1 Å². The van der Waals surface area contributed by atoms with E-state index >= 15 is 0 Å². The van der Waals surface area contributed by atoms with Gasteiger partial charge in [-0.05, 0) is 12.1 Å². The van der Waals surface area contributed by atoms with E-state index in [1.807, 2.05) is 0 Å². The first-order valence-electron chi connectivity index (χ1n) is 5.89. The summed E-state index contributed by atoms with van der Waals surface area (Å²) in [5.41, 5.74) is 0.455. The number of hydrogen-bond donors (Lipinski definition) is 3. The third-order valence-corrected chi connectivity index (χ3v) is 5.03. The number of nitrogens with zero attached hydrogens (tertiary/aromatic N) is 4. The number of carbonyl (C=O) groups is 1. The number of hydrogen-bond acceptors (Lipinski definition) is 8. The summed E-state index contributed by atoms with van der Waals surface area (Å²) in [5.74, 6) is -0.253. The van der Waals surface area contributed by atoms with Crippen LogP contribution in [-0.4, -0.2) is 39.7 Å². The molecule has 3 rings (SSSR count). The largest absolute Gasteiger partial charge is 0.301 e. The molecule has 0 aliphatic heterocycles. The van der Waals surface area contributed by atoms with Crippen LogP contribution >= 0.6 is 11.3 Å². The molecule has 0 aromatic carbocycles. The lowest BCUT2D eigenvalue weighted by atomic mass is 10.3. The number of nitrogens with one attached hydrogen (secondary N) is 3. The standard InChI is InChI=1S/C10H9N7O3S2/c1-5(18)12-9-15-16-10(21-9)22(19,20)17-8-6-3-2-4-11-7(6)13-14-8/h2-4H,1H3,(H,12,15,18)(H2,11,13,14,17). The predicted molar refractivity (Wildman–Crippen MR) is 78.9 cm³/mol. The van der Waals surface area contributed by atoms with Gasteiger partial charge in [0.15, 0.2) is 11.5 Å². The third kappa shape index (κ3) is 2.73. The molecule has 1 amide bonds. The number of anilines is 2. The molecule has 12 heteroatoms. The van der Waals surface area contributed by atoms with Crippen LogP contribution in [0, 0.1) is 0 Å². The second-order valence-electron chi connectivity index (χ2n) is 4.13. The number of aromatic nitrogens is 5. The molecule has 0 fully saturated rings. The van der Waals surface area contributed by atoms with Crippen LogP contribution in [0.5, 0.6) is 0 Å². The molecule has 0 aliphatic carbocycles. The maximum absolute atomic E-state index is 12.3. The fraction of sp³-hybridized carbons (Fsp3) is 0.100. The first-order valence-corrected chi connectivity index (χ1v) is 8.19. The highest BCUT2D eigenvalue weighted by atomic mass is 32.2. The fourth-order valence-corrected chi connectivity index (χ4v) is 3.59. The van der Waals surface area contributed by atoms with Crippen LogP contribution in [0.1, 0.15) is 6.92 Å². The highest BCUT2D eigenvalue weighted by molar-refractivity contribution is 7.94. The van der Waals surface area contributed by atoms with Gasteiger partial charge in [0.1, 0.15) is 0 Å². The third-order valence-electron chi connectivity index (χ3n) is 2.49. The quantitative estimate of drug-likeness (QED) is 0.590. The molecular formula is C10H9N7O3S2. The maximum atomic E-state index is 12.3. The molecule has 22 heavy (non-hydrogen) atoms. The molecule has 10 nitrogen and oxygen atoms in total. The van der Waals surface area contributed by atoms with Crippen LogP contribution in [0.4, 0.5) is 10.9 Å². The lowest BCUT2D eigenvalue weighted by molar-refractivity contribution is -0.114. The molecule has 0 spiro atoms. The summed E-state index contributed by atoms with van der Waals surface area (Å²) in [5, 5.41) is 16.6. The molecule has 0 bridgehead atoms. The molecule has 3 aromatic heterocycles. The van der Waals surface area contributed by atoms with Gasteiger partial charge in [-0.2, -0.15) is 13.5 Å². The van der Waals surface area contributed by atoms with E-state index in [1.54, 1.807) is 18.3 Å². The lowest BCUT2D eigenvalue weighted by Gasteiger charge is -2.01. The highest BCUT2D eigenvalue weighted by Gasteiger charge is 2.22. The van der Waals surface area contributed by atoms with Gasteiger partial charge in [-0.3, -0.25) is 14.6 Å². The minimum atomic E-state index is -3.96. The number of carbonyl (C=O) groups excluding carboxylic acids is 1. The van der Waals surface area contributed by atoms with Crippen molar-refractivity contribution in [2.45, 2.75) is 11.3 Å². The fourth-order valence-electron chi connectivity index (χ4n) is 1.62. The van der Waals surface area contributed by atoms with Gasteiger partial charge in [0.25, 0.3) is 14.4 Å². The van der Waals surface area contributed by atoms with E-state index in [4.69, 9.17) is 0 Å². The summed E-state index contributed by atoms with van der Waals surface area (Å²) in [6.45, 7) is 1.29. The summed E-state index contributed by atoms with van der Waals surface area (Å²) in [6, 6.07) is 3.34. The Kier molecular flexibility index (Phi) is 3.46. The molecule has 0 unspecified atom stereocenters. The minimum absolute atomic E-state index is 0.0985. The van der Waals surface area contributed by atoms with E-state index in [2.05, 4.69) is 35.4 Å². The SMILES string of the molecule is CC(=O)Nc1nnc(S(=O)(=O)Nc2n[nH]c3ncccc23)s1. The Morgan fingerprint density at radius 3 is 2.95 bits per heavy atom. The molecule has 3 heterocycles. The molecule has 3 N–H and O–H groups in total. The number of fused-ring (bicyclic) bond motifs is 1. The Morgan fingerprint density at radius 2 is 2.18 bits per heavy atom. The summed E-state index contributed by atoms with van der Waals surface area (Å²) < 4.78 is 26.5. The molecule has 0 radical (unpaired) electrons. The molecule has 0 saturated heterocycles. The normalized spacial score (nSPS) is 11.5. The molecule has 0 atom stereocenters. The van der Waals surface area contributed by atoms with Crippen molar-refractivity contribution in [3.63, 3.8) is 0 Å². The van der Waals surface area contributed by atoms with Crippen molar-refractivity contribution in [3.05, 3.63) is 18.3 Å². The number of H-pyrrole nitrogens is 1. The lowest BCUT2D eigenvalue weighted by Crippen LogP contribution is -2.13. The van der Waals surface area contributed by atoms with Crippen LogP contribution in [-0.2, 0) is 14.8 Å². The Balaban J connectivity index is 1.90. The summed E-state index contributed by atoms with van der Waals surface area (Å²) >= 11 is 0.737. The van der Waals surface area contributed by atoms with Crippen molar-refractivity contribution in [1.29, 1.82) is 0 Å². The summed E-state index contributed by atoms with van der Waals surface area (Å²) in [4.78, 5) is 14.9. The van der Waals surface area contributed by atoms with E-state index in [0.29, 0.717) is 11.0 Å². The molecule has 0 saturated carbocycles. The first kappa shape index (κ1) is 14.3. The number of pyridine rings is 1. The average Bonchev–Trinajstić information content (AvgIpc) is 3.06. The smallest absolute Gasteiger partial charge is 0.292 e. The van der Waals surface area contributed by atoms with E-state index < -0.39 is 10.0 Å². The Hall–Kier alpha value is -2.60. The van der Waals surface area contributed by atoms with Crippen molar-refractivity contribution in [1.82, 2.24) is 25.4 Å². The first-order chi connectivity index (χ1) is 10.5. The van der Waals surface area contributed by atoms with Crippen molar-refractivity contribution in [3.8, 4) is 0 Å². The zero-order chi connectivity index (χ0) is 15.7. The van der Waals surface area contributed by atoms with Gasteiger partial charge in [-0.1, -0.05) is 11.3 Å². The molecule has 114 valence electrons. The minimum Gasteiger partial charge on any atom is -0.301 e. The van der Waals surface area contributed by atoms with Crippen molar-refractivity contribution in [2.75, 3.05) is 10.0 Å². The van der Waals surface area contributed by atoms with E-state index in [-0.39, 0.29) is 21.2 Å². The molecule has 0 aliphatic rings. The van der Waals surface area contributed by atoms with Gasteiger partial charge in [0.05, 0.1) is 5.39 Å². The van der Waals surface area contributed by atoms with Gasteiger partial charge in [-0.25, -0.2) is 4.98 Å². The topological polar surface area (TPSA) is 143 Å². The summed E-state index contributed by atoms with van der Waals surface area (Å²) in [6.07, 6.45) is 1.56. The average molecular weight is 339 g/mol. The van der Waals surface area contributed by atoms with Crippen LogP contribution < -0.4 is 10.0 Å². The van der Waals surface area contributed by atoms with E-state index in [1.165, 1.54) is 6.92 Å². The Bertz CT molecular complexity index is 946. The van der Waals surface area contributed by atoms with Crippen LogP contribution in [0.25, 0.3) is 11.0 Å². The van der Waals surface area contributed by atoms with Crippen molar-refractivity contribution < 1.29 is 13.2 Å². The van der Waals surface area contributed by atoms with Gasteiger partial charge in [-0.15, -0.1) is 10.2 Å².